The van der Waals surface area contributed by atoms with Gasteiger partial charge in [-0.15, -0.1) is 0 Å². The van der Waals surface area contributed by atoms with E-state index in [0.29, 0.717) is 13.1 Å². The van der Waals surface area contributed by atoms with Crippen LogP contribution in [0.1, 0.15) is 48.8 Å². The molecule has 3 aromatic rings. The zero-order chi connectivity index (χ0) is 22.2. The van der Waals surface area contributed by atoms with E-state index in [-0.39, 0.29) is 22.4 Å². The van der Waals surface area contributed by atoms with Crippen molar-refractivity contribution >= 4 is 27.0 Å². The maximum atomic E-state index is 14.5. The van der Waals surface area contributed by atoms with Gasteiger partial charge in [0.2, 0.25) is 10.0 Å². The Morgan fingerprint density at radius 3 is 2.77 bits per heavy atom. The molecule has 2 heterocycles. The molecule has 1 atom stereocenters. The number of hydrogen-bond acceptors (Lipinski definition) is 4. The SMILES string of the molecule is CC(C)NS(=O)(=O)c1ccc(F)c(C(=O)N2CCCC(c3nc4ccccc4[nH]3)C2)c1. The molecule has 7 nitrogen and oxygen atoms in total. The fourth-order valence-corrected chi connectivity index (χ4v) is 5.21. The average Bonchev–Trinajstić information content (AvgIpc) is 3.17. The van der Waals surface area contributed by atoms with Crippen LogP contribution in [0.3, 0.4) is 0 Å². The van der Waals surface area contributed by atoms with Gasteiger partial charge in [-0.1, -0.05) is 12.1 Å². The molecule has 0 bridgehead atoms. The van der Waals surface area contributed by atoms with E-state index in [1.54, 1.807) is 18.7 Å². The van der Waals surface area contributed by atoms with Crippen molar-refractivity contribution in [1.82, 2.24) is 19.6 Å². The van der Waals surface area contributed by atoms with Gasteiger partial charge in [0.05, 0.1) is 21.5 Å². The summed E-state index contributed by atoms with van der Waals surface area (Å²) in [6.07, 6.45) is 1.61. The number of rotatable bonds is 5. The van der Waals surface area contributed by atoms with E-state index >= 15 is 0 Å². The van der Waals surface area contributed by atoms with Crippen molar-refractivity contribution in [2.45, 2.75) is 43.5 Å². The van der Waals surface area contributed by atoms with E-state index < -0.39 is 21.7 Å². The van der Waals surface area contributed by atoms with Gasteiger partial charge >= 0.3 is 0 Å². The lowest BCUT2D eigenvalue weighted by molar-refractivity contribution is 0.0700. The van der Waals surface area contributed by atoms with Crippen molar-refractivity contribution in [3.8, 4) is 0 Å². The van der Waals surface area contributed by atoms with Crippen LogP contribution < -0.4 is 4.72 Å². The molecule has 1 aliphatic heterocycles. The molecule has 1 amide bonds. The lowest BCUT2D eigenvalue weighted by Gasteiger charge is -2.32. The molecule has 0 saturated carbocycles. The Labute approximate surface area is 180 Å². The van der Waals surface area contributed by atoms with Gasteiger partial charge in [0.25, 0.3) is 5.91 Å². The van der Waals surface area contributed by atoms with E-state index in [9.17, 15) is 17.6 Å². The molecule has 1 aromatic heterocycles. The van der Waals surface area contributed by atoms with E-state index in [1.165, 1.54) is 6.07 Å². The number of halogens is 1. The number of nitrogens with one attached hydrogen (secondary N) is 2. The molecule has 1 unspecified atom stereocenters. The molecule has 2 N–H and O–H groups in total. The molecular formula is C22H25FN4O3S. The second kappa shape index (κ2) is 8.39. The molecule has 4 rings (SSSR count). The van der Waals surface area contributed by atoms with Gasteiger partial charge in [-0.2, -0.15) is 0 Å². The van der Waals surface area contributed by atoms with Crippen LogP contribution in [0.25, 0.3) is 11.0 Å². The van der Waals surface area contributed by atoms with Gasteiger partial charge in [-0.25, -0.2) is 22.5 Å². The number of H-pyrrole nitrogens is 1. The number of para-hydroxylation sites is 2. The van der Waals surface area contributed by atoms with Crippen LogP contribution in [-0.2, 0) is 10.0 Å². The fraction of sp³-hybridized carbons (Fsp3) is 0.364. The first-order chi connectivity index (χ1) is 14.7. The Morgan fingerprint density at radius 1 is 1.26 bits per heavy atom. The van der Waals surface area contributed by atoms with E-state index in [0.717, 1.165) is 41.8 Å². The number of aromatic nitrogens is 2. The molecule has 2 aromatic carbocycles. The summed E-state index contributed by atoms with van der Waals surface area (Å²) in [5.74, 6) is -0.446. The van der Waals surface area contributed by atoms with E-state index in [1.807, 2.05) is 24.3 Å². The largest absolute Gasteiger partial charge is 0.342 e. The van der Waals surface area contributed by atoms with Gasteiger partial charge in [0.15, 0.2) is 0 Å². The molecule has 164 valence electrons. The van der Waals surface area contributed by atoms with E-state index in [2.05, 4.69) is 14.7 Å². The Balaban J connectivity index is 1.58. The number of benzene rings is 2. The Kier molecular flexibility index (Phi) is 5.81. The van der Waals surface area contributed by atoms with Gasteiger partial charge < -0.3 is 9.88 Å². The van der Waals surface area contributed by atoms with Crippen LogP contribution in [0.4, 0.5) is 4.39 Å². The van der Waals surface area contributed by atoms with Gasteiger partial charge in [-0.05, 0) is 57.0 Å². The number of piperidine rings is 1. The minimum absolute atomic E-state index is 0.00249. The molecular weight excluding hydrogens is 419 g/mol. The molecule has 0 spiro atoms. The fourth-order valence-electron chi connectivity index (χ4n) is 3.93. The highest BCUT2D eigenvalue weighted by molar-refractivity contribution is 7.89. The maximum absolute atomic E-state index is 14.5. The third-order valence-electron chi connectivity index (χ3n) is 5.37. The molecule has 1 aliphatic rings. The minimum Gasteiger partial charge on any atom is -0.342 e. The molecule has 31 heavy (non-hydrogen) atoms. The second-order valence-electron chi connectivity index (χ2n) is 8.15. The summed E-state index contributed by atoms with van der Waals surface area (Å²) in [5, 5.41) is 0. The number of hydrogen-bond donors (Lipinski definition) is 2. The predicted molar refractivity (Wildman–Crippen MR) is 116 cm³/mol. The molecule has 1 fully saturated rings. The van der Waals surface area contributed by atoms with Crippen LogP contribution in [0.2, 0.25) is 0 Å². The summed E-state index contributed by atoms with van der Waals surface area (Å²) in [5.41, 5.74) is 1.56. The summed E-state index contributed by atoms with van der Waals surface area (Å²) in [6, 6.07) is 10.7. The number of imidazole rings is 1. The van der Waals surface area contributed by atoms with Crippen molar-refractivity contribution in [2.24, 2.45) is 0 Å². The van der Waals surface area contributed by atoms with Crippen LogP contribution >= 0.6 is 0 Å². The summed E-state index contributed by atoms with van der Waals surface area (Å²) >= 11 is 0. The van der Waals surface area contributed by atoms with Crippen LogP contribution in [0, 0.1) is 5.82 Å². The lowest BCUT2D eigenvalue weighted by Crippen LogP contribution is -2.40. The first-order valence-corrected chi connectivity index (χ1v) is 11.8. The third kappa shape index (κ3) is 4.47. The molecule has 0 radical (unpaired) electrons. The van der Waals surface area contributed by atoms with Gasteiger partial charge in [0, 0.05) is 25.0 Å². The minimum atomic E-state index is -3.83. The highest BCUT2D eigenvalue weighted by atomic mass is 32.2. The molecule has 1 saturated heterocycles. The maximum Gasteiger partial charge on any atom is 0.256 e. The monoisotopic (exact) mass is 444 g/mol. The van der Waals surface area contributed by atoms with Crippen molar-refractivity contribution in [2.75, 3.05) is 13.1 Å². The number of nitrogens with zero attached hydrogens (tertiary/aromatic N) is 2. The second-order valence-corrected chi connectivity index (χ2v) is 9.86. The number of carbonyl (C=O) groups is 1. The average molecular weight is 445 g/mol. The standard InChI is InChI=1S/C22H25FN4O3S/c1-14(2)26-31(29,30)16-9-10-18(23)17(12-16)22(28)27-11-5-6-15(13-27)21-24-19-7-3-4-8-20(19)25-21/h3-4,7-10,12,14-15,26H,5-6,11,13H2,1-2H3,(H,24,25). The highest BCUT2D eigenvalue weighted by Gasteiger charge is 2.29. The number of aromatic amines is 1. The normalized spacial score (nSPS) is 17.4. The topological polar surface area (TPSA) is 95.2 Å². The Morgan fingerprint density at radius 2 is 2.03 bits per heavy atom. The van der Waals surface area contributed by atoms with Crippen molar-refractivity contribution < 1.29 is 17.6 Å². The third-order valence-corrected chi connectivity index (χ3v) is 7.03. The summed E-state index contributed by atoms with van der Waals surface area (Å²) < 4.78 is 41.9. The zero-order valence-electron chi connectivity index (χ0n) is 17.4. The van der Waals surface area contributed by atoms with Crippen LogP contribution in [0.15, 0.2) is 47.4 Å². The number of amides is 1. The van der Waals surface area contributed by atoms with Crippen LogP contribution in [0.5, 0.6) is 0 Å². The molecule has 0 aliphatic carbocycles. The first kappa shape index (κ1) is 21.5. The summed E-state index contributed by atoms with van der Waals surface area (Å²) in [7, 11) is -3.83. The van der Waals surface area contributed by atoms with E-state index in [4.69, 9.17) is 0 Å². The van der Waals surface area contributed by atoms with Gasteiger partial charge in [0.1, 0.15) is 11.6 Å². The number of fused-ring (bicyclic) bond motifs is 1. The smallest absolute Gasteiger partial charge is 0.256 e. The number of carbonyl (C=O) groups excluding carboxylic acids is 1. The number of likely N-dealkylation sites (tertiary alicyclic amines) is 1. The zero-order valence-corrected chi connectivity index (χ0v) is 18.2. The quantitative estimate of drug-likeness (QED) is 0.631. The van der Waals surface area contributed by atoms with Crippen molar-refractivity contribution in [3.63, 3.8) is 0 Å². The summed E-state index contributed by atoms with van der Waals surface area (Å²) in [4.78, 5) is 22.5. The molecule has 9 heteroatoms. The summed E-state index contributed by atoms with van der Waals surface area (Å²) in [6.45, 7) is 4.26. The van der Waals surface area contributed by atoms with Crippen LogP contribution in [-0.4, -0.2) is 48.3 Å². The van der Waals surface area contributed by atoms with Crippen molar-refractivity contribution in [1.29, 1.82) is 0 Å². The first-order valence-electron chi connectivity index (χ1n) is 10.3. The van der Waals surface area contributed by atoms with Crippen molar-refractivity contribution in [3.05, 3.63) is 59.7 Å². The Bertz CT molecular complexity index is 1190. The number of sulfonamides is 1. The predicted octanol–water partition coefficient (Wildman–Crippen LogP) is 3.41. The van der Waals surface area contributed by atoms with Gasteiger partial charge in [-0.3, -0.25) is 4.79 Å². The lowest BCUT2D eigenvalue weighted by atomic mass is 9.96. The Hall–Kier alpha value is -2.78. The highest BCUT2D eigenvalue weighted by Crippen LogP contribution is 2.28.